The average molecular weight is 213 g/mol. The lowest BCUT2D eigenvalue weighted by Crippen LogP contribution is -2.13. The lowest BCUT2D eigenvalue weighted by molar-refractivity contribution is 0.786. The summed E-state index contributed by atoms with van der Waals surface area (Å²) in [7, 11) is 0. The smallest absolute Gasteiger partial charge is 0.0136 e. The molecule has 1 N–H and O–H groups in total. The highest BCUT2D eigenvalue weighted by Gasteiger charge is 1.96. The molecule has 0 amide bonds. The van der Waals surface area contributed by atoms with Gasteiger partial charge in [-0.15, -0.1) is 0 Å². The van der Waals surface area contributed by atoms with Gasteiger partial charge >= 0.3 is 0 Å². The van der Waals surface area contributed by atoms with Crippen LogP contribution >= 0.6 is 0 Å². The first-order valence-corrected chi connectivity index (χ1v) is 6.38. The third-order valence-corrected chi connectivity index (χ3v) is 1.76. The van der Waals surface area contributed by atoms with Crippen molar-refractivity contribution in [1.29, 1.82) is 0 Å². The van der Waals surface area contributed by atoms with E-state index < -0.39 is 0 Å². The van der Waals surface area contributed by atoms with Crippen LogP contribution in [0.15, 0.2) is 23.9 Å². The number of allylic oxidation sites excluding steroid dienone is 3. The van der Waals surface area contributed by atoms with Gasteiger partial charge in [-0.05, 0) is 25.3 Å². The number of nitrogens with one attached hydrogen (secondary N) is 1. The molecule has 0 aromatic carbocycles. The maximum absolute atomic E-state index is 3.79. The summed E-state index contributed by atoms with van der Waals surface area (Å²) in [6, 6.07) is 0. The van der Waals surface area contributed by atoms with Gasteiger partial charge in [0.05, 0.1) is 0 Å². The van der Waals surface area contributed by atoms with Crippen LogP contribution in [0.5, 0.6) is 0 Å². The molecule has 0 aliphatic rings. The van der Waals surface area contributed by atoms with E-state index >= 15 is 0 Å². The summed E-state index contributed by atoms with van der Waals surface area (Å²) in [5, 5.41) is 3.34. The largest absolute Gasteiger partial charge is 0.388 e. The second-order valence-electron chi connectivity index (χ2n) is 2.45. The molecule has 0 rings (SSSR count). The molecule has 0 fully saturated rings. The van der Waals surface area contributed by atoms with Gasteiger partial charge in [0, 0.05) is 12.2 Å². The van der Waals surface area contributed by atoms with Crippen molar-refractivity contribution in [2.24, 2.45) is 0 Å². The minimum Gasteiger partial charge on any atom is -0.388 e. The molecule has 0 saturated carbocycles. The fourth-order valence-corrected chi connectivity index (χ4v) is 1.16. The third-order valence-electron chi connectivity index (χ3n) is 1.76. The van der Waals surface area contributed by atoms with E-state index in [1.54, 1.807) is 0 Å². The average Bonchev–Trinajstić information content (AvgIpc) is 2.34. The van der Waals surface area contributed by atoms with E-state index in [9.17, 15) is 0 Å². The molecule has 0 aromatic heterocycles. The van der Waals surface area contributed by atoms with Crippen molar-refractivity contribution in [3.8, 4) is 0 Å². The van der Waals surface area contributed by atoms with Crippen molar-refractivity contribution < 1.29 is 0 Å². The Morgan fingerprint density at radius 1 is 1.00 bits per heavy atom. The quantitative estimate of drug-likeness (QED) is 0.640. The Labute approximate surface area is 97.7 Å². The van der Waals surface area contributed by atoms with Crippen molar-refractivity contribution in [3.05, 3.63) is 23.9 Å². The van der Waals surface area contributed by atoms with Crippen LogP contribution < -0.4 is 5.32 Å². The predicted molar refractivity (Wildman–Crippen MR) is 74.2 cm³/mol. The number of hydrogen-bond donors (Lipinski definition) is 1. The molecular formula is C14H31N. The van der Waals surface area contributed by atoms with Gasteiger partial charge in [0.2, 0.25) is 0 Å². The molecule has 0 aliphatic carbocycles. The maximum Gasteiger partial charge on any atom is 0.0136 e. The molecule has 0 heterocycles. The second kappa shape index (κ2) is 18.9. The Kier molecular flexibility index (Phi) is 25.0. The molecule has 0 aromatic rings. The Morgan fingerprint density at radius 2 is 1.47 bits per heavy atom. The normalized spacial score (nSPS) is 9.80. The third kappa shape index (κ3) is 11.2. The molecule has 0 saturated heterocycles. The zero-order valence-corrected chi connectivity index (χ0v) is 11.9. The first kappa shape index (κ1) is 19.8. The van der Waals surface area contributed by atoms with E-state index in [1.807, 2.05) is 33.8 Å². The molecule has 0 atom stereocenters. The highest BCUT2D eigenvalue weighted by atomic mass is 14.9. The minimum atomic E-state index is 1.00. The maximum atomic E-state index is 3.79. The van der Waals surface area contributed by atoms with Crippen molar-refractivity contribution in [1.82, 2.24) is 5.32 Å². The van der Waals surface area contributed by atoms with Crippen LogP contribution in [-0.4, -0.2) is 6.54 Å². The summed E-state index contributed by atoms with van der Waals surface area (Å²) in [4.78, 5) is 0. The highest BCUT2D eigenvalue weighted by Crippen LogP contribution is 2.09. The van der Waals surface area contributed by atoms with Crippen LogP contribution in [0, 0.1) is 0 Å². The first-order valence-electron chi connectivity index (χ1n) is 6.38. The van der Waals surface area contributed by atoms with E-state index in [0.29, 0.717) is 0 Å². The zero-order chi connectivity index (χ0) is 12.7. The van der Waals surface area contributed by atoms with Crippen molar-refractivity contribution in [2.75, 3.05) is 6.54 Å². The Morgan fingerprint density at radius 3 is 1.67 bits per heavy atom. The lowest BCUT2D eigenvalue weighted by atomic mass is 10.1. The van der Waals surface area contributed by atoms with Gasteiger partial charge in [-0.1, -0.05) is 54.2 Å². The standard InChI is InChI=1S/C10H19N.2C2H6/c1-5-9(6-2)10(7-3)11-8-4;2*1-2/h5,11H,1,6-8H2,2-4H3;2*1-2H3/b10-9+;;. The molecule has 92 valence electrons. The van der Waals surface area contributed by atoms with Crippen LogP contribution in [0.25, 0.3) is 0 Å². The molecule has 0 unspecified atom stereocenters. The van der Waals surface area contributed by atoms with E-state index in [4.69, 9.17) is 0 Å². The van der Waals surface area contributed by atoms with Gasteiger partial charge in [-0.2, -0.15) is 0 Å². The van der Waals surface area contributed by atoms with Crippen LogP contribution in [-0.2, 0) is 0 Å². The summed E-state index contributed by atoms with van der Waals surface area (Å²) in [6.45, 7) is 19.2. The fraction of sp³-hybridized carbons (Fsp3) is 0.714. The van der Waals surface area contributed by atoms with E-state index in [1.165, 1.54) is 11.3 Å². The van der Waals surface area contributed by atoms with Gasteiger partial charge in [0.15, 0.2) is 0 Å². The summed E-state index contributed by atoms with van der Waals surface area (Å²) in [6.07, 6.45) is 4.09. The van der Waals surface area contributed by atoms with Crippen molar-refractivity contribution >= 4 is 0 Å². The highest BCUT2D eigenvalue weighted by molar-refractivity contribution is 5.22. The molecule has 15 heavy (non-hydrogen) atoms. The van der Waals surface area contributed by atoms with E-state index in [0.717, 1.165) is 19.4 Å². The van der Waals surface area contributed by atoms with E-state index in [-0.39, 0.29) is 0 Å². The number of hydrogen-bond acceptors (Lipinski definition) is 1. The molecule has 1 nitrogen and oxygen atoms in total. The van der Waals surface area contributed by atoms with E-state index in [2.05, 4.69) is 32.7 Å². The second-order valence-corrected chi connectivity index (χ2v) is 2.45. The van der Waals surface area contributed by atoms with Crippen molar-refractivity contribution in [2.45, 2.75) is 61.3 Å². The molecule has 0 spiro atoms. The monoisotopic (exact) mass is 213 g/mol. The Bertz CT molecular complexity index is 145. The first-order chi connectivity index (χ1) is 7.29. The number of rotatable bonds is 5. The topological polar surface area (TPSA) is 12.0 Å². The van der Waals surface area contributed by atoms with Crippen molar-refractivity contribution in [3.63, 3.8) is 0 Å². The molecular weight excluding hydrogens is 182 g/mol. The predicted octanol–water partition coefficient (Wildman–Crippen LogP) is 4.91. The van der Waals surface area contributed by atoms with Crippen LogP contribution in [0.3, 0.4) is 0 Å². The minimum absolute atomic E-state index is 1.00. The summed E-state index contributed by atoms with van der Waals surface area (Å²) in [5.41, 5.74) is 2.68. The summed E-state index contributed by atoms with van der Waals surface area (Å²) in [5.74, 6) is 0. The van der Waals surface area contributed by atoms with Gasteiger partial charge in [-0.3, -0.25) is 0 Å². The molecule has 0 aliphatic heterocycles. The molecule has 0 radical (unpaired) electrons. The Hall–Kier alpha value is -0.720. The molecule has 0 bridgehead atoms. The zero-order valence-electron chi connectivity index (χ0n) is 11.9. The molecule has 1 heteroatoms. The van der Waals surface area contributed by atoms with Gasteiger partial charge < -0.3 is 5.32 Å². The van der Waals surface area contributed by atoms with Gasteiger partial charge in [-0.25, -0.2) is 0 Å². The SMILES string of the molecule is C=C/C(CC)=C(/CC)NCC.CC.CC. The van der Waals surface area contributed by atoms with Gasteiger partial charge in [0.1, 0.15) is 0 Å². The van der Waals surface area contributed by atoms with Crippen LogP contribution in [0.1, 0.15) is 61.3 Å². The van der Waals surface area contributed by atoms with Crippen LogP contribution in [0.2, 0.25) is 0 Å². The summed E-state index contributed by atoms with van der Waals surface area (Å²) >= 11 is 0. The lowest BCUT2D eigenvalue weighted by Gasteiger charge is -2.10. The Balaban J connectivity index is -0.000000318. The van der Waals surface area contributed by atoms with Crippen LogP contribution in [0.4, 0.5) is 0 Å². The summed E-state index contributed by atoms with van der Waals surface area (Å²) < 4.78 is 0. The fourth-order valence-electron chi connectivity index (χ4n) is 1.16. The van der Waals surface area contributed by atoms with Gasteiger partial charge in [0.25, 0.3) is 0 Å².